The molecule has 0 spiro atoms. The quantitative estimate of drug-likeness (QED) is 0.547. The van der Waals surface area contributed by atoms with Crippen LogP contribution in [0.15, 0.2) is 54.6 Å². The van der Waals surface area contributed by atoms with Crippen LogP contribution in [-0.2, 0) is 4.79 Å². The van der Waals surface area contributed by atoms with Gasteiger partial charge in [-0.15, -0.1) is 0 Å². The highest BCUT2D eigenvalue weighted by molar-refractivity contribution is 5.80. The maximum absolute atomic E-state index is 11.2. The summed E-state index contributed by atoms with van der Waals surface area (Å²) in [6.45, 7) is 6.14. The molecular formula is C23H26N2O4. The number of nitrogens with zero attached hydrogens (tertiary/aromatic N) is 2. The van der Waals surface area contributed by atoms with Crippen molar-refractivity contribution in [2.75, 3.05) is 13.2 Å². The fraction of sp³-hybridized carbons (Fsp3) is 0.304. The lowest BCUT2D eigenvalue weighted by molar-refractivity contribution is -0.120. The van der Waals surface area contributed by atoms with E-state index in [1.54, 1.807) is 4.90 Å². The van der Waals surface area contributed by atoms with Gasteiger partial charge < -0.3 is 19.5 Å². The molecule has 0 aliphatic carbocycles. The van der Waals surface area contributed by atoms with Gasteiger partial charge in [0.1, 0.15) is 11.5 Å². The first kappa shape index (κ1) is 20.6. The standard InChI is InChI=1S/C23H26N2O4/c1-16(2)28-20-6-8-21(9-7-20)29-23-11-5-19-14-18(4-10-22(19)24-23)17(3)25(15-27)12-13-26/h4-11,14-17,26H,12-13H2,1-3H3. The van der Waals surface area contributed by atoms with Crippen LogP contribution in [0.2, 0.25) is 0 Å². The van der Waals surface area contributed by atoms with E-state index in [1.807, 2.05) is 75.4 Å². The number of carbonyl (C=O) groups excluding carboxylic acids is 1. The number of hydrogen-bond acceptors (Lipinski definition) is 5. The van der Waals surface area contributed by atoms with Crippen LogP contribution < -0.4 is 9.47 Å². The third-order valence-corrected chi connectivity index (χ3v) is 4.58. The number of aliphatic hydroxyl groups excluding tert-OH is 1. The molecule has 0 bridgehead atoms. The van der Waals surface area contributed by atoms with Crippen molar-refractivity contribution in [1.82, 2.24) is 9.88 Å². The van der Waals surface area contributed by atoms with E-state index in [-0.39, 0.29) is 18.8 Å². The molecule has 1 amide bonds. The summed E-state index contributed by atoms with van der Waals surface area (Å²) in [4.78, 5) is 17.4. The SMILES string of the molecule is CC(C)Oc1ccc(Oc2ccc3cc(C(C)N(C=O)CCO)ccc3n2)cc1. The Balaban J connectivity index is 1.76. The predicted molar refractivity (Wildman–Crippen MR) is 112 cm³/mol. The number of aromatic nitrogens is 1. The first-order valence-electron chi connectivity index (χ1n) is 9.67. The van der Waals surface area contributed by atoms with E-state index in [9.17, 15) is 4.79 Å². The summed E-state index contributed by atoms with van der Waals surface area (Å²) in [5.41, 5.74) is 1.78. The third-order valence-electron chi connectivity index (χ3n) is 4.58. The van der Waals surface area contributed by atoms with Crippen LogP contribution in [0.3, 0.4) is 0 Å². The zero-order valence-electron chi connectivity index (χ0n) is 16.9. The van der Waals surface area contributed by atoms with Gasteiger partial charge in [0.15, 0.2) is 0 Å². The average Bonchev–Trinajstić information content (AvgIpc) is 2.72. The summed E-state index contributed by atoms with van der Waals surface area (Å²) in [6, 6.07) is 16.9. The molecule has 152 valence electrons. The molecule has 0 aliphatic rings. The number of amides is 1. The number of aliphatic hydroxyl groups is 1. The highest BCUT2D eigenvalue weighted by Gasteiger charge is 2.14. The Morgan fingerprint density at radius 1 is 1.03 bits per heavy atom. The normalized spacial score (nSPS) is 12.0. The van der Waals surface area contributed by atoms with Gasteiger partial charge >= 0.3 is 0 Å². The molecule has 0 aliphatic heterocycles. The highest BCUT2D eigenvalue weighted by Crippen LogP contribution is 2.27. The fourth-order valence-corrected chi connectivity index (χ4v) is 3.07. The zero-order chi connectivity index (χ0) is 20.8. The van der Waals surface area contributed by atoms with E-state index in [2.05, 4.69) is 4.98 Å². The molecule has 1 atom stereocenters. The van der Waals surface area contributed by atoms with Crippen molar-refractivity contribution >= 4 is 17.3 Å². The fourth-order valence-electron chi connectivity index (χ4n) is 3.07. The topological polar surface area (TPSA) is 71.9 Å². The van der Waals surface area contributed by atoms with Gasteiger partial charge in [-0.3, -0.25) is 4.79 Å². The van der Waals surface area contributed by atoms with Crippen molar-refractivity contribution in [3.05, 3.63) is 60.2 Å². The number of hydrogen-bond donors (Lipinski definition) is 1. The monoisotopic (exact) mass is 394 g/mol. The molecule has 1 unspecified atom stereocenters. The number of benzene rings is 2. The molecule has 3 aromatic rings. The van der Waals surface area contributed by atoms with Gasteiger partial charge in [0, 0.05) is 18.0 Å². The molecule has 1 aromatic heterocycles. The van der Waals surface area contributed by atoms with Crippen LogP contribution in [0.25, 0.3) is 10.9 Å². The molecule has 0 saturated carbocycles. The Morgan fingerprint density at radius 2 is 1.76 bits per heavy atom. The van der Waals surface area contributed by atoms with E-state index in [0.29, 0.717) is 18.2 Å². The summed E-state index contributed by atoms with van der Waals surface area (Å²) >= 11 is 0. The van der Waals surface area contributed by atoms with Gasteiger partial charge in [-0.25, -0.2) is 4.98 Å². The number of rotatable bonds is 9. The summed E-state index contributed by atoms with van der Waals surface area (Å²) < 4.78 is 11.5. The second-order valence-electron chi connectivity index (χ2n) is 7.08. The molecule has 0 radical (unpaired) electrons. The van der Waals surface area contributed by atoms with E-state index in [1.165, 1.54) is 0 Å². The maximum atomic E-state index is 11.2. The van der Waals surface area contributed by atoms with Crippen LogP contribution in [0, 0.1) is 0 Å². The van der Waals surface area contributed by atoms with Crippen LogP contribution in [0.4, 0.5) is 0 Å². The minimum absolute atomic E-state index is 0.0660. The second-order valence-corrected chi connectivity index (χ2v) is 7.08. The molecule has 1 heterocycles. The van der Waals surface area contributed by atoms with E-state index in [4.69, 9.17) is 14.6 Å². The Labute approximate surface area is 170 Å². The number of pyridine rings is 1. The zero-order valence-corrected chi connectivity index (χ0v) is 16.9. The van der Waals surface area contributed by atoms with Crippen molar-refractivity contribution in [3.8, 4) is 17.4 Å². The Kier molecular flexibility index (Phi) is 6.67. The smallest absolute Gasteiger partial charge is 0.219 e. The van der Waals surface area contributed by atoms with Crippen molar-refractivity contribution in [2.45, 2.75) is 32.9 Å². The first-order chi connectivity index (χ1) is 14.0. The Morgan fingerprint density at radius 3 is 2.41 bits per heavy atom. The number of ether oxygens (including phenoxy) is 2. The highest BCUT2D eigenvalue weighted by atomic mass is 16.5. The molecule has 0 saturated heterocycles. The van der Waals surface area contributed by atoms with Gasteiger partial charge in [0.25, 0.3) is 0 Å². The molecule has 6 heteroatoms. The van der Waals surface area contributed by atoms with Gasteiger partial charge in [-0.1, -0.05) is 6.07 Å². The first-order valence-corrected chi connectivity index (χ1v) is 9.67. The van der Waals surface area contributed by atoms with Crippen LogP contribution in [0.5, 0.6) is 17.4 Å². The predicted octanol–water partition coefficient (Wildman–Crippen LogP) is 4.33. The second kappa shape index (κ2) is 9.39. The average molecular weight is 394 g/mol. The molecular weight excluding hydrogens is 368 g/mol. The van der Waals surface area contributed by atoms with Gasteiger partial charge in [-0.2, -0.15) is 0 Å². The van der Waals surface area contributed by atoms with Gasteiger partial charge in [-0.05, 0) is 68.8 Å². The summed E-state index contributed by atoms with van der Waals surface area (Å²) in [6.07, 6.45) is 0.886. The summed E-state index contributed by atoms with van der Waals surface area (Å²) in [7, 11) is 0. The van der Waals surface area contributed by atoms with Crippen molar-refractivity contribution < 1.29 is 19.4 Å². The van der Waals surface area contributed by atoms with Gasteiger partial charge in [0.05, 0.1) is 24.3 Å². The van der Waals surface area contributed by atoms with E-state index < -0.39 is 0 Å². The van der Waals surface area contributed by atoms with Crippen molar-refractivity contribution in [2.24, 2.45) is 0 Å². The Hall–Kier alpha value is -3.12. The molecule has 29 heavy (non-hydrogen) atoms. The van der Waals surface area contributed by atoms with Crippen LogP contribution in [-0.4, -0.2) is 40.7 Å². The summed E-state index contributed by atoms with van der Waals surface area (Å²) in [5.74, 6) is 1.99. The minimum Gasteiger partial charge on any atom is -0.491 e. The number of carbonyl (C=O) groups is 1. The van der Waals surface area contributed by atoms with Crippen LogP contribution in [0.1, 0.15) is 32.4 Å². The molecule has 2 aromatic carbocycles. The van der Waals surface area contributed by atoms with Crippen LogP contribution >= 0.6 is 0 Å². The lowest BCUT2D eigenvalue weighted by Crippen LogP contribution is -2.28. The molecule has 1 N–H and O–H groups in total. The van der Waals surface area contributed by atoms with Crippen molar-refractivity contribution in [3.63, 3.8) is 0 Å². The molecule has 6 nitrogen and oxygen atoms in total. The van der Waals surface area contributed by atoms with Crippen molar-refractivity contribution in [1.29, 1.82) is 0 Å². The third kappa shape index (κ3) is 5.23. The van der Waals surface area contributed by atoms with E-state index >= 15 is 0 Å². The molecule has 3 rings (SSSR count). The lowest BCUT2D eigenvalue weighted by Gasteiger charge is -2.24. The Bertz CT molecular complexity index is 957. The summed E-state index contributed by atoms with van der Waals surface area (Å²) in [5, 5.41) is 10.1. The number of fused-ring (bicyclic) bond motifs is 1. The van der Waals surface area contributed by atoms with E-state index in [0.717, 1.165) is 28.6 Å². The molecule has 0 fully saturated rings. The maximum Gasteiger partial charge on any atom is 0.219 e. The minimum atomic E-state index is -0.133. The largest absolute Gasteiger partial charge is 0.491 e. The van der Waals surface area contributed by atoms with Gasteiger partial charge in [0.2, 0.25) is 12.3 Å². The lowest BCUT2D eigenvalue weighted by atomic mass is 10.0.